The fourth-order valence-corrected chi connectivity index (χ4v) is 1.06. The lowest BCUT2D eigenvalue weighted by Crippen LogP contribution is -2.24. The molecule has 0 aromatic rings. The molecule has 1 aliphatic rings. The Morgan fingerprint density at radius 1 is 1.60 bits per heavy atom. The molecule has 0 aromatic carbocycles. The number of rotatable bonds is 5. The van der Waals surface area contributed by atoms with Gasteiger partial charge in [-0.15, -0.1) is 0 Å². The molecule has 1 fully saturated rings. The van der Waals surface area contributed by atoms with E-state index >= 15 is 0 Å². The molecule has 0 aromatic heterocycles. The molecule has 10 heavy (non-hydrogen) atoms. The molecule has 1 radical (unpaired) electrons. The molecule has 1 rings (SSSR count). The van der Waals surface area contributed by atoms with Gasteiger partial charge in [0.2, 0.25) is 0 Å². The molecule has 1 amide bonds. The second-order valence-corrected chi connectivity index (χ2v) is 2.98. The van der Waals surface area contributed by atoms with Crippen LogP contribution in [0.15, 0.2) is 0 Å². The average molecular weight is 140 g/mol. The van der Waals surface area contributed by atoms with Gasteiger partial charge in [-0.1, -0.05) is 6.92 Å². The maximum Gasteiger partial charge on any atom is 0.312 e. The van der Waals surface area contributed by atoms with Gasteiger partial charge >= 0.3 is 6.41 Å². The summed E-state index contributed by atoms with van der Waals surface area (Å²) in [4.78, 5) is 12.0. The fourth-order valence-electron chi connectivity index (χ4n) is 1.06. The summed E-state index contributed by atoms with van der Waals surface area (Å²) in [5.41, 5.74) is 0. The van der Waals surface area contributed by atoms with Crippen LogP contribution in [-0.2, 0) is 4.79 Å². The van der Waals surface area contributed by atoms with Gasteiger partial charge in [-0.3, -0.25) is 4.79 Å². The first kappa shape index (κ1) is 7.58. The van der Waals surface area contributed by atoms with Crippen molar-refractivity contribution in [1.82, 2.24) is 4.90 Å². The Labute approximate surface area is 62.2 Å². The molecular weight excluding hydrogens is 126 g/mol. The molecule has 2 nitrogen and oxygen atoms in total. The maximum absolute atomic E-state index is 10.3. The first-order valence-electron chi connectivity index (χ1n) is 3.99. The van der Waals surface area contributed by atoms with Crippen LogP contribution in [0, 0.1) is 5.92 Å². The summed E-state index contributed by atoms with van der Waals surface area (Å²) in [5.74, 6) is 0.799. The van der Waals surface area contributed by atoms with Crippen LogP contribution in [-0.4, -0.2) is 24.4 Å². The van der Waals surface area contributed by atoms with Crippen molar-refractivity contribution in [2.24, 2.45) is 5.92 Å². The van der Waals surface area contributed by atoms with Crippen molar-refractivity contribution >= 4 is 6.41 Å². The molecule has 0 N–H and O–H groups in total. The van der Waals surface area contributed by atoms with Gasteiger partial charge in [0, 0.05) is 13.1 Å². The quantitative estimate of drug-likeness (QED) is 0.525. The zero-order valence-electron chi connectivity index (χ0n) is 6.47. The molecule has 0 spiro atoms. The Bertz CT molecular complexity index is 110. The van der Waals surface area contributed by atoms with E-state index in [-0.39, 0.29) is 0 Å². The minimum Gasteiger partial charge on any atom is -0.334 e. The number of amides is 1. The third-order valence-corrected chi connectivity index (χ3v) is 1.80. The van der Waals surface area contributed by atoms with E-state index in [1.54, 1.807) is 4.90 Å². The zero-order valence-corrected chi connectivity index (χ0v) is 6.47. The molecule has 2 heteroatoms. The molecule has 0 atom stereocenters. The van der Waals surface area contributed by atoms with Crippen LogP contribution in [0.4, 0.5) is 0 Å². The fraction of sp³-hybridized carbons (Fsp3) is 0.875. The van der Waals surface area contributed by atoms with Crippen LogP contribution >= 0.6 is 0 Å². The van der Waals surface area contributed by atoms with Gasteiger partial charge in [-0.05, 0) is 25.2 Å². The van der Waals surface area contributed by atoms with Crippen molar-refractivity contribution in [3.8, 4) is 0 Å². The zero-order chi connectivity index (χ0) is 7.40. The third-order valence-electron chi connectivity index (χ3n) is 1.80. The highest BCUT2D eigenvalue weighted by molar-refractivity contribution is 5.48. The Hall–Kier alpha value is -0.530. The van der Waals surface area contributed by atoms with Gasteiger partial charge in [0.25, 0.3) is 0 Å². The Kier molecular flexibility index (Phi) is 2.72. The Balaban J connectivity index is 2.11. The van der Waals surface area contributed by atoms with Crippen molar-refractivity contribution in [3.63, 3.8) is 0 Å². The van der Waals surface area contributed by atoms with Crippen molar-refractivity contribution in [2.75, 3.05) is 13.1 Å². The van der Waals surface area contributed by atoms with E-state index in [1.165, 1.54) is 12.8 Å². The first-order chi connectivity index (χ1) is 4.86. The van der Waals surface area contributed by atoms with Crippen molar-refractivity contribution in [2.45, 2.75) is 26.2 Å². The Morgan fingerprint density at radius 2 is 2.30 bits per heavy atom. The predicted octanol–water partition coefficient (Wildman–Crippen LogP) is 1.18. The minimum absolute atomic E-state index is 0.799. The molecular formula is C8H14NO. The number of carbonyl (C=O) groups excluding carboxylic acids is 1. The maximum atomic E-state index is 10.3. The molecule has 0 saturated heterocycles. The molecule has 1 aliphatic carbocycles. The summed E-state index contributed by atoms with van der Waals surface area (Å²) >= 11 is 0. The van der Waals surface area contributed by atoms with Crippen molar-refractivity contribution < 1.29 is 4.79 Å². The molecule has 1 saturated carbocycles. The second kappa shape index (κ2) is 3.59. The van der Waals surface area contributed by atoms with E-state index < -0.39 is 0 Å². The Morgan fingerprint density at radius 3 is 2.70 bits per heavy atom. The topological polar surface area (TPSA) is 20.3 Å². The molecule has 0 heterocycles. The number of nitrogens with zero attached hydrogens (tertiary/aromatic N) is 1. The summed E-state index contributed by atoms with van der Waals surface area (Å²) in [7, 11) is 0. The van der Waals surface area contributed by atoms with Crippen LogP contribution < -0.4 is 0 Å². The summed E-state index contributed by atoms with van der Waals surface area (Å²) in [6.45, 7) is 3.90. The van der Waals surface area contributed by atoms with Crippen LogP contribution in [0.1, 0.15) is 26.2 Å². The van der Waals surface area contributed by atoms with E-state index in [9.17, 15) is 4.79 Å². The highest BCUT2D eigenvalue weighted by atomic mass is 16.1. The number of hydrogen-bond acceptors (Lipinski definition) is 1. The van der Waals surface area contributed by atoms with E-state index in [0.29, 0.717) is 0 Å². The lowest BCUT2D eigenvalue weighted by Gasteiger charge is -2.13. The monoisotopic (exact) mass is 140 g/mol. The normalized spacial score (nSPS) is 16.9. The largest absolute Gasteiger partial charge is 0.334 e. The molecule has 0 bridgehead atoms. The standard InChI is InChI=1S/C8H14NO/c1-2-5-9(7-10)6-8-3-4-8/h8H,2-6H2,1H3. The smallest absolute Gasteiger partial charge is 0.312 e. The van der Waals surface area contributed by atoms with E-state index in [2.05, 4.69) is 6.92 Å². The van der Waals surface area contributed by atoms with Crippen LogP contribution in [0.25, 0.3) is 0 Å². The van der Waals surface area contributed by atoms with Crippen LogP contribution in [0.2, 0.25) is 0 Å². The second-order valence-electron chi connectivity index (χ2n) is 2.98. The van der Waals surface area contributed by atoms with Crippen molar-refractivity contribution in [3.05, 3.63) is 0 Å². The summed E-state index contributed by atoms with van der Waals surface area (Å²) in [5, 5.41) is 0. The van der Waals surface area contributed by atoms with Gasteiger partial charge in [-0.25, -0.2) is 0 Å². The predicted molar refractivity (Wildman–Crippen MR) is 40.3 cm³/mol. The SMILES string of the molecule is CCCN([C]=O)CC1CC1. The third kappa shape index (κ3) is 2.38. The van der Waals surface area contributed by atoms with Crippen LogP contribution in [0.3, 0.4) is 0 Å². The average Bonchev–Trinajstić information content (AvgIpc) is 2.71. The lowest BCUT2D eigenvalue weighted by atomic mass is 10.3. The van der Waals surface area contributed by atoms with Crippen LogP contribution in [0.5, 0.6) is 0 Å². The molecule has 57 valence electrons. The van der Waals surface area contributed by atoms with Gasteiger partial charge in [-0.2, -0.15) is 0 Å². The van der Waals surface area contributed by atoms with E-state index in [0.717, 1.165) is 25.4 Å². The van der Waals surface area contributed by atoms with Crippen molar-refractivity contribution in [1.29, 1.82) is 0 Å². The highest BCUT2D eigenvalue weighted by Crippen LogP contribution is 2.29. The van der Waals surface area contributed by atoms with Gasteiger partial charge in [0.05, 0.1) is 0 Å². The molecule has 0 unspecified atom stereocenters. The summed E-state index contributed by atoms with van der Waals surface area (Å²) in [6.07, 6.45) is 5.62. The van der Waals surface area contributed by atoms with E-state index in [1.807, 2.05) is 6.41 Å². The minimum atomic E-state index is 0.799. The summed E-state index contributed by atoms with van der Waals surface area (Å²) < 4.78 is 0. The molecule has 0 aliphatic heterocycles. The van der Waals surface area contributed by atoms with E-state index in [4.69, 9.17) is 0 Å². The van der Waals surface area contributed by atoms with Gasteiger partial charge < -0.3 is 4.90 Å². The van der Waals surface area contributed by atoms with Gasteiger partial charge in [0.1, 0.15) is 0 Å². The first-order valence-corrected chi connectivity index (χ1v) is 3.99. The van der Waals surface area contributed by atoms with Gasteiger partial charge in [0.15, 0.2) is 0 Å². The number of hydrogen-bond donors (Lipinski definition) is 0. The highest BCUT2D eigenvalue weighted by Gasteiger charge is 2.23. The lowest BCUT2D eigenvalue weighted by molar-refractivity contribution is 0.366. The summed E-state index contributed by atoms with van der Waals surface area (Å²) in [6, 6.07) is 0.